The highest BCUT2D eigenvalue weighted by atomic mass is 16.1. The monoisotopic (exact) mass is 350 g/mol. The predicted octanol–water partition coefficient (Wildman–Crippen LogP) is 2.05. The highest BCUT2D eigenvalue weighted by Gasteiger charge is 2.06. The van der Waals surface area contributed by atoms with Gasteiger partial charge in [0, 0.05) is 12.2 Å². The van der Waals surface area contributed by atoms with Gasteiger partial charge in [0.15, 0.2) is 0 Å². The second-order valence-corrected chi connectivity index (χ2v) is 6.14. The standard InChI is InChI=1S/C19H22N6O/c1-14-5-3-4-6-16(14)9-10-20-19(26)12-21-17-7-8-18(15(2)11-17)25-13-22-23-24-25/h3-8,11,13,21H,9-10,12H2,1-2H3,(H,20,26). The Morgan fingerprint density at radius 2 is 1.96 bits per heavy atom. The number of benzene rings is 2. The molecule has 134 valence electrons. The summed E-state index contributed by atoms with van der Waals surface area (Å²) in [5.74, 6) is -0.0270. The minimum Gasteiger partial charge on any atom is -0.376 e. The summed E-state index contributed by atoms with van der Waals surface area (Å²) in [4.78, 5) is 12.0. The van der Waals surface area contributed by atoms with E-state index in [9.17, 15) is 4.79 Å². The van der Waals surface area contributed by atoms with Gasteiger partial charge in [-0.05, 0) is 65.6 Å². The topological polar surface area (TPSA) is 84.7 Å². The molecule has 1 aromatic heterocycles. The summed E-state index contributed by atoms with van der Waals surface area (Å²) < 4.78 is 1.61. The third-order valence-corrected chi connectivity index (χ3v) is 4.22. The fraction of sp³-hybridized carbons (Fsp3) is 0.263. The van der Waals surface area contributed by atoms with Crippen molar-refractivity contribution in [2.75, 3.05) is 18.4 Å². The van der Waals surface area contributed by atoms with E-state index in [2.05, 4.69) is 45.2 Å². The van der Waals surface area contributed by atoms with Crippen molar-refractivity contribution in [2.45, 2.75) is 20.3 Å². The van der Waals surface area contributed by atoms with E-state index in [1.54, 1.807) is 11.0 Å². The molecule has 0 aliphatic rings. The molecular formula is C19H22N6O. The average molecular weight is 350 g/mol. The number of hydrogen-bond acceptors (Lipinski definition) is 5. The van der Waals surface area contributed by atoms with Gasteiger partial charge < -0.3 is 10.6 Å². The Balaban J connectivity index is 1.47. The Bertz CT molecular complexity index is 875. The normalized spacial score (nSPS) is 10.5. The van der Waals surface area contributed by atoms with Gasteiger partial charge in [-0.2, -0.15) is 0 Å². The van der Waals surface area contributed by atoms with Crippen molar-refractivity contribution >= 4 is 11.6 Å². The van der Waals surface area contributed by atoms with Gasteiger partial charge in [-0.25, -0.2) is 4.68 Å². The number of tetrazole rings is 1. The van der Waals surface area contributed by atoms with Crippen LogP contribution in [0.4, 0.5) is 5.69 Å². The summed E-state index contributed by atoms with van der Waals surface area (Å²) in [5, 5.41) is 17.3. The molecule has 3 aromatic rings. The van der Waals surface area contributed by atoms with Crippen LogP contribution in [0.5, 0.6) is 0 Å². The lowest BCUT2D eigenvalue weighted by Crippen LogP contribution is -2.31. The van der Waals surface area contributed by atoms with E-state index in [0.29, 0.717) is 6.54 Å². The van der Waals surface area contributed by atoms with Gasteiger partial charge in [-0.15, -0.1) is 5.10 Å². The van der Waals surface area contributed by atoms with E-state index >= 15 is 0 Å². The zero-order chi connectivity index (χ0) is 18.4. The summed E-state index contributed by atoms with van der Waals surface area (Å²) in [6.07, 6.45) is 2.38. The van der Waals surface area contributed by atoms with Crippen LogP contribution in [-0.4, -0.2) is 39.2 Å². The molecule has 0 aliphatic heterocycles. The summed E-state index contributed by atoms with van der Waals surface area (Å²) in [7, 11) is 0. The quantitative estimate of drug-likeness (QED) is 0.681. The van der Waals surface area contributed by atoms with Crippen molar-refractivity contribution in [2.24, 2.45) is 0 Å². The van der Waals surface area contributed by atoms with E-state index in [4.69, 9.17) is 0 Å². The lowest BCUT2D eigenvalue weighted by Gasteiger charge is -2.11. The average Bonchev–Trinajstić information content (AvgIpc) is 3.16. The first kappa shape index (κ1) is 17.6. The van der Waals surface area contributed by atoms with Gasteiger partial charge >= 0.3 is 0 Å². The number of aromatic nitrogens is 4. The molecule has 0 bridgehead atoms. The van der Waals surface area contributed by atoms with Crippen LogP contribution >= 0.6 is 0 Å². The van der Waals surface area contributed by atoms with E-state index in [-0.39, 0.29) is 12.5 Å². The fourth-order valence-corrected chi connectivity index (χ4v) is 2.77. The fourth-order valence-electron chi connectivity index (χ4n) is 2.77. The van der Waals surface area contributed by atoms with Crippen LogP contribution in [0, 0.1) is 13.8 Å². The van der Waals surface area contributed by atoms with Crippen LogP contribution in [-0.2, 0) is 11.2 Å². The molecule has 0 aliphatic carbocycles. The van der Waals surface area contributed by atoms with Crippen LogP contribution in [0.15, 0.2) is 48.8 Å². The SMILES string of the molecule is Cc1ccccc1CCNC(=O)CNc1ccc(-n2cnnn2)c(C)c1. The maximum absolute atomic E-state index is 12.0. The maximum atomic E-state index is 12.0. The molecule has 0 radical (unpaired) electrons. The highest BCUT2D eigenvalue weighted by molar-refractivity contribution is 5.80. The lowest BCUT2D eigenvalue weighted by atomic mass is 10.1. The zero-order valence-electron chi connectivity index (χ0n) is 14.9. The molecular weight excluding hydrogens is 328 g/mol. The second kappa shape index (κ2) is 8.24. The molecule has 7 nitrogen and oxygen atoms in total. The van der Waals surface area contributed by atoms with Crippen LogP contribution < -0.4 is 10.6 Å². The van der Waals surface area contributed by atoms with Gasteiger partial charge in [0.25, 0.3) is 0 Å². The van der Waals surface area contributed by atoms with Gasteiger partial charge in [0.2, 0.25) is 5.91 Å². The van der Waals surface area contributed by atoms with Crippen LogP contribution in [0.1, 0.15) is 16.7 Å². The van der Waals surface area contributed by atoms with Crippen molar-refractivity contribution in [3.8, 4) is 5.69 Å². The Hall–Kier alpha value is -3.22. The third-order valence-electron chi connectivity index (χ3n) is 4.22. The van der Waals surface area contributed by atoms with E-state index < -0.39 is 0 Å². The van der Waals surface area contributed by atoms with Crippen molar-refractivity contribution in [3.63, 3.8) is 0 Å². The molecule has 1 heterocycles. The molecule has 0 fully saturated rings. The number of aryl methyl sites for hydroxylation is 2. The number of hydrogen-bond donors (Lipinski definition) is 2. The van der Waals surface area contributed by atoms with E-state index in [1.165, 1.54) is 11.1 Å². The highest BCUT2D eigenvalue weighted by Crippen LogP contribution is 2.17. The Morgan fingerprint density at radius 1 is 1.12 bits per heavy atom. The Kier molecular flexibility index (Phi) is 5.58. The van der Waals surface area contributed by atoms with Crippen molar-refractivity contribution in [1.29, 1.82) is 0 Å². The molecule has 2 N–H and O–H groups in total. The van der Waals surface area contributed by atoms with Crippen LogP contribution in [0.25, 0.3) is 5.69 Å². The van der Waals surface area contributed by atoms with Crippen molar-refractivity contribution in [3.05, 3.63) is 65.5 Å². The molecule has 0 atom stereocenters. The second-order valence-electron chi connectivity index (χ2n) is 6.14. The number of nitrogens with one attached hydrogen (secondary N) is 2. The zero-order valence-corrected chi connectivity index (χ0v) is 14.9. The first-order valence-corrected chi connectivity index (χ1v) is 8.52. The maximum Gasteiger partial charge on any atom is 0.239 e. The van der Waals surface area contributed by atoms with Gasteiger partial charge in [0.1, 0.15) is 6.33 Å². The summed E-state index contributed by atoms with van der Waals surface area (Å²) in [6, 6.07) is 14.0. The number of rotatable bonds is 7. The smallest absolute Gasteiger partial charge is 0.239 e. The van der Waals surface area contributed by atoms with Crippen LogP contribution in [0.2, 0.25) is 0 Å². The minimum absolute atomic E-state index is 0.0270. The summed E-state index contributed by atoms with van der Waals surface area (Å²) in [5.41, 5.74) is 5.31. The lowest BCUT2D eigenvalue weighted by molar-refractivity contribution is -0.119. The molecule has 7 heteroatoms. The first-order valence-electron chi connectivity index (χ1n) is 8.52. The number of anilines is 1. The number of amides is 1. The molecule has 0 spiro atoms. The molecule has 26 heavy (non-hydrogen) atoms. The molecule has 0 saturated carbocycles. The molecule has 1 amide bonds. The molecule has 0 saturated heterocycles. The molecule has 2 aromatic carbocycles. The summed E-state index contributed by atoms with van der Waals surface area (Å²) in [6.45, 7) is 4.92. The molecule has 0 unspecified atom stereocenters. The minimum atomic E-state index is -0.0270. The Labute approximate surface area is 152 Å². The Morgan fingerprint density at radius 3 is 2.69 bits per heavy atom. The van der Waals surface area contributed by atoms with Gasteiger partial charge in [-0.1, -0.05) is 24.3 Å². The van der Waals surface area contributed by atoms with Crippen molar-refractivity contribution < 1.29 is 4.79 Å². The van der Waals surface area contributed by atoms with Crippen molar-refractivity contribution in [1.82, 2.24) is 25.5 Å². The largest absolute Gasteiger partial charge is 0.376 e. The summed E-state index contributed by atoms with van der Waals surface area (Å²) >= 11 is 0. The molecule has 3 rings (SSSR count). The van der Waals surface area contributed by atoms with E-state index in [1.807, 2.05) is 37.3 Å². The first-order chi connectivity index (χ1) is 12.6. The number of carbonyl (C=O) groups is 1. The number of carbonyl (C=O) groups excluding carboxylic acids is 1. The predicted molar refractivity (Wildman–Crippen MR) is 100 cm³/mol. The van der Waals surface area contributed by atoms with Crippen LogP contribution in [0.3, 0.4) is 0 Å². The van der Waals surface area contributed by atoms with E-state index in [0.717, 1.165) is 23.4 Å². The number of nitrogens with zero attached hydrogens (tertiary/aromatic N) is 4. The van der Waals surface area contributed by atoms with Gasteiger partial charge in [0.05, 0.1) is 12.2 Å². The third kappa shape index (κ3) is 4.44. The van der Waals surface area contributed by atoms with Gasteiger partial charge in [-0.3, -0.25) is 4.79 Å².